The first-order valence-corrected chi connectivity index (χ1v) is 6.26. The number of imidazole rings is 1. The van der Waals surface area contributed by atoms with Gasteiger partial charge in [-0.05, 0) is 32.9 Å². The van der Waals surface area contributed by atoms with Crippen molar-refractivity contribution in [3.05, 3.63) is 36.3 Å². The fourth-order valence-electron chi connectivity index (χ4n) is 1.92. The van der Waals surface area contributed by atoms with Crippen LogP contribution in [0.25, 0.3) is 5.65 Å². The van der Waals surface area contributed by atoms with E-state index in [2.05, 4.69) is 4.98 Å². The summed E-state index contributed by atoms with van der Waals surface area (Å²) in [7, 11) is 0. The van der Waals surface area contributed by atoms with Crippen LogP contribution in [0, 0.1) is 0 Å². The number of carboxylic acid groups (broad SMARTS) is 1. The zero-order valence-electron chi connectivity index (χ0n) is 11.7. The SMILES string of the molecule is CC(C)(C)N(CC(=O)O)C(=O)c1cn2ccccc2n1. The second-order valence-corrected chi connectivity index (χ2v) is 5.55. The number of hydrogen-bond acceptors (Lipinski definition) is 3. The van der Waals surface area contributed by atoms with Gasteiger partial charge in [-0.2, -0.15) is 0 Å². The Morgan fingerprint density at radius 2 is 2.05 bits per heavy atom. The molecule has 6 nitrogen and oxygen atoms in total. The molecule has 1 N–H and O–H groups in total. The zero-order valence-corrected chi connectivity index (χ0v) is 11.7. The molecule has 0 spiro atoms. The van der Waals surface area contributed by atoms with E-state index < -0.39 is 11.5 Å². The van der Waals surface area contributed by atoms with Gasteiger partial charge in [-0.3, -0.25) is 9.59 Å². The number of amides is 1. The molecule has 0 fully saturated rings. The number of rotatable bonds is 3. The molecule has 2 aromatic rings. The molecule has 0 bridgehead atoms. The molecule has 0 unspecified atom stereocenters. The molecule has 6 heteroatoms. The Hall–Kier alpha value is -2.37. The van der Waals surface area contributed by atoms with Crippen LogP contribution in [0.2, 0.25) is 0 Å². The molecule has 2 rings (SSSR count). The molecule has 0 aliphatic rings. The van der Waals surface area contributed by atoms with E-state index in [-0.39, 0.29) is 18.1 Å². The Morgan fingerprint density at radius 3 is 2.60 bits per heavy atom. The minimum atomic E-state index is -1.04. The van der Waals surface area contributed by atoms with E-state index in [4.69, 9.17) is 5.11 Å². The van der Waals surface area contributed by atoms with Crippen molar-refractivity contribution in [3.63, 3.8) is 0 Å². The highest BCUT2D eigenvalue weighted by molar-refractivity contribution is 5.95. The van der Waals surface area contributed by atoms with Crippen LogP contribution in [0.4, 0.5) is 0 Å². The van der Waals surface area contributed by atoms with Crippen LogP contribution in [0.15, 0.2) is 30.6 Å². The average molecular weight is 275 g/mol. The van der Waals surface area contributed by atoms with Gasteiger partial charge in [0.1, 0.15) is 17.9 Å². The Balaban J connectivity index is 2.38. The minimum Gasteiger partial charge on any atom is -0.480 e. The molecule has 0 aromatic carbocycles. The molecule has 0 saturated carbocycles. The van der Waals surface area contributed by atoms with E-state index in [1.54, 1.807) is 43.6 Å². The van der Waals surface area contributed by atoms with Gasteiger partial charge >= 0.3 is 5.97 Å². The largest absolute Gasteiger partial charge is 0.480 e. The summed E-state index contributed by atoms with van der Waals surface area (Å²) >= 11 is 0. The standard InChI is InChI=1S/C14H17N3O3/c1-14(2,3)17(9-12(18)19)13(20)10-8-16-7-5-4-6-11(16)15-10/h4-8H,9H2,1-3H3,(H,18,19). The van der Waals surface area contributed by atoms with Crippen molar-refractivity contribution in [2.75, 3.05) is 6.54 Å². The van der Waals surface area contributed by atoms with Crippen LogP contribution >= 0.6 is 0 Å². The van der Waals surface area contributed by atoms with Gasteiger partial charge in [0.15, 0.2) is 0 Å². The van der Waals surface area contributed by atoms with Crippen LogP contribution in [0.3, 0.4) is 0 Å². The molecule has 106 valence electrons. The number of carboxylic acids is 1. The molecule has 1 amide bonds. The number of carbonyl (C=O) groups excluding carboxylic acids is 1. The summed E-state index contributed by atoms with van der Waals surface area (Å²) < 4.78 is 1.73. The third kappa shape index (κ3) is 2.79. The lowest BCUT2D eigenvalue weighted by molar-refractivity contribution is -0.138. The molecular formula is C14H17N3O3. The predicted molar refractivity (Wildman–Crippen MR) is 73.6 cm³/mol. The second-order valence-electron chi connectivity index (χ2n) is 5.55. The first kappa shape index (κ1) is 14.0. The monoisotopic (exact) mass is 275 g/mol. The van der Waals surface area contributed by atoms with Gasteiger partial charge in [0, 0.05) is 17.9 Å². The van der Waals surface area contributed by atoms with Gasteiger partial charge in [0.05, 0.1) is 0 Å². The average Bonchev–Trinajstić information content (AvgIpc) is 2.77. The van der Waals surface area contributed by atoms with Crippen molar-refractivity contribution in [2.24, 2.45) is 0 Å². The van der Waals surface area contributed by atoms with Crippen LogP contribution in [-0.4, -0.2) is 43.4 Å². The third-order valence-electron chi connectivity index (χ3n) is 2.93. The maximum absolute atomic E-state index is 12.5. The van der Waals surface area contributed by atoms with E-state index in [1.165, 1.54) is 4.90 Å². The molecule has 0 saturated heterocycles. The topological polar surface area (TPSA) is 74.9 Å². The highest BCUT2D eigenvalue weighted by Crippen LogP contribution is 2.17. The summed E-state index contributed by atoms with van der Waals surface area (Å²) in [5.74, 6) is -1.43. The van der Waals surface area contributed by atoms with E-state index in [9.17, 15) is 9.59 Å². The van der Waals surface area contributed by atoms with E-state index in [0.717, 1.165) is 0 Å². The normalized spacial score (nSPS) is 11.6. The van der Waals surface area contributed by atoms with Crippen molar-refractivity contribution in [3.8, 4) is 0 Å². The van der Waals surface area contributed by atoms with Crippen molar-refractivity contribution >= 4 is 17.5 Å². The molecule has 2 heterocycles. The smallest absolute Gasteiger partial charge is 0.323 e. The number of aliphatic carboxylic acids is 1. The lowest BCUT2D eigenvalue weighted by Gasteiger charge is -2.33. The lowest BCUT2D eigenvalue weighted by atomic mass is 10.1. The summed E-state index contributed by atoms with van der Waals surface area (Å²) in [5, 5.41) is 8.96. The second kappa shape index (κ2) is 4.96. The van der Waals surface area contributed by atoms with Crippen LogP contribution in [-0.2, 0) is 4.79 Å². The Bertz CT molecular complexity index is 622. The highest BCUT2D eigenvalue weighted by atomic mass is 16.4. The number of carbonyl (C=O) groups is 2. The highest BCUT2D eigenvalue weighted by Gasteiger charge is 2.30. The number of pyridine rings is 1. The van der Waals surface area contributed by atoms with Crippen molar-refractivity contribution in [1.29, 1.82) is 0 Å². The first-order chi connectivity index (χ1) is 9.29. The fraction of sp³-hybridized carbons (Fsp3) is 0.357. The van der Waals surface area contributed by atoms with Gasteiger partial charge in [-0.25, -0.2) is 4.98 Å². The maximum Gasteiger partial charge on any atom is 0.323 e. The zero-order chi connectivity index (χ0) is 14.9. The lowest BCUT2D eigenvalue weighted by Crippen LogP contribution is -2.48. The molecule has 2 aromatic heterocycles. The summed E-state index contributed by atoms with van der Waals surface area (Å²) in [6, 6.07) is 5.45. The Morgan fingerprint density at radius 1 is 1.35 bits per heavy atom. The van der Waals surface area contributed by atoms with Gasteiger partial charge in [-0.15, -0.1) is 0 Å². The molecule has 0 aliphatic carbocycles. The molecular weight excluding hydrogens is 258 g/mol. The molecule has 0 aliphatic heterocycles. The van der Waals surface area contributed by atoms with Crippen LogP contribution in [0.5, 0.6) is 0 Å². The molecule has 0 radical (unpaired) electrons. The predicted octanol–water partition coefficient (Wildman–Crippen LogP) is 1.66. The van der Waals surface area contributed by atoms with Gasteiger partial charge in [0.25, 0.3) is 5.91 Å². The summed E-state index contributed by atoms with van der Waals surface area (Å²) in [6.07, 6.45) is 3.40. The third-order valence-corrected chi connectivity index (χ3v) is 2.93. The van der Waals surface area contributed by atoms with Crippen LogP contribution in [0.1, 0.15) is 31.3 Å². The van der Waals surface area contributed by atoms with Crippen molar-refractivity contribution in [2.45, 2.75) is 26.3 Å². The number of aromatic nitrogens is 2. The minimum absolute atomic E-state index is 0.243. The van der Waals surface area contributed by atoms with Gasteiger partial charge in [0.2, 0.25) is 0 Å². The fourth-order valence-corrected chi connectivity index (χ4v) is 1.92. The first-order valence-electron chi connectivity index (χ1n) is 6.26. The Kier molecular flexibility index (Phi) is 3.48. The maximum atomic E-state index is 12.5. The summed E-state index contributed by atoms with van der Waals surface area (Å²) in [6.45, 7) is 5.03. The number of fused-ring (bicyclic) bond motifs is 1. The van der Waals surface area contributed by atoms with E-state index >= 15 is 0 Å². The molecule has 20 heavy (non-hydrogen) atoms. The number of nitrogens with zero attached hydrogens (tertiary/aromatic N) is 3. The van der Waals surface area contributed by atoms with E-state index in [0.29, 0.717) is 5.65 Å². The van der Waals surface area contributed by atoms with Crippen LogP contribution < -0.4 is 0 Å². The molecule has 0 atom stereocenters. The summed E-state index contributed by atoms with van der Waals surface area (Å²) in [4.78, 5) is 29.0. The van der Waals surface area contributed by atoms with Crippen molar-refractivity contribution in [1.82, 2.24) is 14.3 Å². The van der Waals surface area contributed by atoms with E-state index in [1.807, 2.05) is 12.1 Å². The van der Waals surface area contributed by atoms with Gasteiger partial charge in [-0.1, -0.05) is 6.07 Å². The Labute approximate surface area is 116 Å². The number of hydrogen-bond donors (Lipinski definition) is 1. The summed E-state index contributed by atoms with van der Waals surface area (Å²) in [5.41, 5.74) is 0.304. The quantitative estimate of drug-likeness (QED) is 0.924. The van der Waals surface area contributed by atoms with Gasteiger partial charge < -0.3 is 14.4 Å². The van der Waals surface area contributed by atoms with Crippen molar-refractivity contribution < 1.29 is 14.7 Å².